The van der Waals surface area contributed by atoms with Crippen LogP contribution >= 0.6 is 11.6 Å². The van der Waals surface area contributed by atoms with Gasteiger partial charge in [-0.15, -0.1) is 11.6 Å². The third-order valence-electron chi connectivity index (χ3n) is 2.79. The van der Waals surface area contributed by atoms with Crippen LogP contribution in [-0.4, -0.2) is 0 Å². The molecular formula is C14H21Cl. The van der Waals surface area contributed by atoms with E-state index in [0.29, 0.717) is 11.8 Å². The number of halogens is 1. The molecule has 0 aliphatic rings. The van der Waals surface area contributed by atoms with Gasteiger partial charge in [0.05, 0.1) is 5.38 Å². The second kappa shape index (κ2) is 5.03. The lowest BCUT2D eigenvalue weighted by molar-refractivity contribution is 0.826. The Morgan fingerprint density at radius 2 is 1.07 bits per heavy atom. The molecule has 0 heterocycles. The van der Waals surface area contributed by atoms with E-state index in [1.807, 2.05) is 6.92 Å². The highest BCUT2D eigenvalue weighted by molar-refractivity contribution is 6.20. The van der Waals surface area contributed by atoms with E-state index in [9.17, 15) is 0 Å². The zero-order valence-corrected chi connectivity index (χ0v) is 11.1. The van der Waals surface area contributed by atoms with E-state index in [1.165, 1.54) is 16.7 Å². The maximum atomic E-state index is 6.16. The van der Waals surface area contributed by atoms with Gasteiger partial charge in [0, 0.05) is 0 Å². The molecule has 1 aromatic rings. The molecule has 0 nitrogen and oxygen atoms in total. The van der Waals surface area contributed by atoms with Crippen molar-refractivity contribution in [1.29, 1.82) is 0 Å². The summed E-state index contributed by atoms with van der Waals surface area (Å²) in [5.41, 5.74) is 4.03. The topological polar surface area (TPSA) is 0 Å². The van der Waals surface area contributed by atoms with Gasteiger partial charge in [0.25, 0.3) is 0 Å². The molecule has 0 radical (unpaired) electrons. The molecule has 1 atom stereocenters. The van der Waals surface area contributed by atoms with Gasteiger partial charge in [0.2, 0.25) is 0 Å². The largest absolute Gasteiger partial charge is 0.118 e. The Kier molecular flexibility index (Phi) is 4.21. The number of hydrogen-bond acceptors (Lipinski definition) is 0. The number of hydrogen-bond donors (Lipinski definition) is 0. The average molecular weight is 225 g/mol. The molecule has 0 saturated carbocycles. The standard InChI is InChI=1S/C14H21Cl/c1-9(2)12-6-13(10(3)4)8-14(7-12)11(5)15/h6-11H,1-5H3. The van der Waals surface area contributed by atoms with Crippen LogP contribution in [0.4, 0.5) is 0 Å². The number of benzene rings is 1. The first kappa shape index (κ1) is 12.6. The summed E-state index contributed by atoms with van der Waals surface area (Å²) in [6.45, 7) is 10.9. The molecule has 0 N–H and O–H groups in total. The van der Waals surface area contributed by atoms with Crippen LogP contribution < -0.4 is 0 Å². The minimum absolute atomic E-state index is 0.0983. The average Bonchev–Trinajstić information content (AvgIpc) is 2.16. The maximum absolute atomic E-state index is 6.16. The second-order valence-electron chi connectivity index (χ2n) is 4.86. The summed E-state index contributed by atoms with van der Waals surface area (Å²) in [5.74, 6) is 1.13. The first-order valence-electron chi connectivity index (χ1n) is 5.70. The fourth-order valence-electron chi connectivity index (χ4n) is 1.60. The first-order valence-corrected chi connectivity index (χ1v) is 6.14. The third-order valence-corrected chi connectivity index (χ3v) is 3.04. The Balaban J connectivity index is 3.20. The summed E-state index contributed by atoms with van der Waals surface area (Å²) in [5, 5.41) is 0.0983. The highest BCUT2D eigenvalue weighted by Gasteiger charge is 2.09. The monoisotopic (exact) mass is 224 g/mol. The van der Waals surface area contributed by atoms with Gasteiger partial charge < -0.3 is 0 Å². The SMILES string of the molecule is CC(C)c1cc(C(C)C)cc(C(C)Cl)c1. The van der Waals surface area contributed by atoms with Crippen molar-refractivity contribution < 1.29 is 0 Å². The van der Waals surface area contributed by atoms with E-state index in [2.05, 4.69) is 45.9 Å². The summed E-state index contributed by atoms with van der Waals surface area (Å²) in [7, 11) is 0. The Labute approximate surface area is 98.7 Å². The minimum atomic E-state index is 0.0983. The lowest BCUT2D eigenvalue weighted by atomic mass is 9.92. The molecule has 1 heteroatoms. The van der Waals surface area contributed by atoms with Crippen LogP contribution in [0.25, 0.3) is 0 Å². The summed E-state index contributed by atoms with van der Waals surface area (Å²) in [6.07, 6.45) is 0. The molecule has 84 valence electrons. The van der Waals surface area contributed by atoms with Crippen molar-refractivity contribution in [3.8, 4) is 0 Å². The van der Waals surface area contributed by atoms with Gasteiger partial charge in [-0.25, -0.2) is 0 Å². The number of rotatable bonds is 3. The van der Waals surface area contributed by atoms with Crippen molar-refractivity contribution in [2.75, 3.05) is 0 Å². The van der Waals surface area contributed by atoms with Gasteiger partial charge in [0.1, 0.15) is 0 Å². The quantitative estimate of drug-likeness (QED) is 0.617. The molecule has 1 rings (SSSR count). The molecule has 0 spiro atoms. The zero-order chi connectivity index (χ0) is 11.6. The summed E-state index contributed by atoms with van der Waals surface area (Å²) in [6, 6.07) is 6.76. The molecule has 0 aliphatic heterocycles. The van der Waals surface area contributed by atoms with Crippen LogP contribution in [0.15, 0.2) is 18.2 Å². The molecule has 0 amide bonds. The van der Waals surface area contributed by atoms with Gasteiger partial charge in [-0.3, -0.25) is 0 Å². The van der Waals surface area contributed by atoms with Gasteiger partial charge in [-0.05, 0) is 35.4 Å². The highest BCUT2D eigenvalue weighted by Crippen LogP contribution is 2.28. The summed E-state index contributed by atoms with van der Waals surface area (Å²) < 4.78 is 0. The first-order chi connectivity index (χ1) is 6.91. The van der Waals surface area contributed by atoms with Gasteiger partial charge >= 0.3 is 0 Å². The predicted octanol–water partition coefficient (Wildman–Crippen LogP) is 5.23. The maximum Gasteiger partial charge on any atom is 0.0557 e. The molecule has 0 saturated heterocycles. The molecular weight excluding hydrogens is 204 g/mol. The van der Waals surface area contributed by atoms with Crippen LogP contribution in [-0.2, 0) is 0 Å². The molecule has 15 heavy (non-hydrogen) atoms. The van der Waals surface area contributed by atoms with E-state index in [1.54, 1.807) is 0 Å². The van der Waals surface area contributed by atoms with E-state index >= 15 is 0 Å². The van der Waals surface area contributed by atoms with Crippen molar-refractivity contribution in [1.82, 2.24) is 0 Å². The minimum Gasteiger partial charge on any atom is -0.118 e. The Hall–Kier alpha value is -0.490. The van der Waals surface area contributed by atoms with Crippen LogP contribution in [0.5, 0.6) is 0 Å². The lowest BCUT2D eigenvalue weighted by Gasteiger charge is -2.15. The van der Waals surface area contributed by atoms with E-state index in [4.69, 9.17) is 11.6 Å². The van der Waals surface area contributed by atoms with E-state index < -0.39 is 0 Å². The summed E-state index contributed by atoms with van der Waals surface area (Å²) in [4.78, 5) is 0. The molecule has 1 unspecified atom stereocenters. The van der Waals surface area contributed by atoms with Crippen LogP contribution in [0, 0.1) is 0 Å². The van der Waals surface area contributed by atoms with Crippen LogP contribution in [0.1, 0.15) is 68.5 Å². The Morgan fingerprint density at radius 1 is 0.733 bits per heavy atom. The predicted molar refractivity (Wildman–Crippen MR) is 68.9 cm³/mol. The zero-order valence-electron chi connectivity index (χ0n) is 10.3. The van der Waals surface area contributed by atoms with Crippen molar-refractivity contribution in [2.24, 2.45) is 0 Å². The van der Waals surface area contributed by atoms with Crippen LogP contribution in [0.2, 0.25) is 0 Å². The molecule has 0 aliphatic carbocycles. The van der Waals surface area contributed by atoms with Gasteiger partial charge in [-0.2, -0.15) is 0 Å². The molecule has 0 fully saturated rings. The Morgan fingerprint density at radius 3 is 1.33 bits per heavy atom. The summed E-state index contributed by atoms with van der Waals surface area (Å²) >= 11 is 6.16. The van der Waals surface area contributed by atoms with Crippen molar-refractivity contribution in [2.45, 2.75) is 51.8 Å². The van der Waals surface area contributed by atoms with E-state index in [0.717, 1.165) is 0 Å². The highest BCUT2D eigenvalue weighted by atomic mass is 35.5. The van der Waals surface area contributed by atoms with Crippen molar-refractivity contribution in [3.05, 3.63) is 34.9 Å². The number of alkyl halides is 1. The van der Waals surface area contributed by atoms with Crippen molar-refractivity contribution >= 4 is 11.6 Å². The third kappa shape index (κ3) is 3.24. The normalized spacial score (nSPS) is 13.6. The molecule has 0 aromatic heterocycles. The fraction of sp³-hybridized carbons (Fsp3) is 0.571. The van der Waals surface area contributed by atoms with Gasteiger partial charge in [0.15, 0.2) is 0 Å². The molecule has 0 bridgehead atoms. The lowest BCUT2D eigenvalue weighted by Crippen LogP contribution is -1.97. The van der Waals surface area contributed by atoms with E-state index in [-0.39, 0.29) is 5.38 Å². The van der Waals surface area contributed by atoms with Crippen LogP contribution in [0.3, 0.4) is 0 Å². The fourth-order valence-corrected chi connectivity index (χ4v) is 1.72. The van der Waals surface area contributed by atoms with Crippen molar-refractivity contribution in [3.63, 3.8) is 0 Å². The molecule has 1 aromatic carbocycles. The smallest absolute Gasteiger partial charge is 0.0557 e. The second-order valence-corrected chi connectivity index (χ2v) is 5.51. The van der Waals surface area contributed by atoms with Gasteiger partial charge in [-0.1, -0.05) is 45.9 Å². The Bertz CT molecular complexity index is 259.